The van der Waals surface area contributed by atoms with Crippen molar-refractivity contribution < 1.29 is 4.79 Å². The molecule has 0 saturated heterocycles. The van der Waals surface area contributed by atoms with Gasteiger partial charge in [0.1, 0.15) is 9.52 Å². The molecule has 1 N–H and O–H groups in total. The van der Waals surface area contributed by atoms with Gasteiger partial charge in [-0.3, -0.25) is 4.79 Å². The van der Waals surface area contributed by atoms with E-state index < -0.39 is 5.91 Å². The maximum Gasteiger partial charge on any atom is 0.269 e. The monoisotopic (exact) mass is 283 g/mol. The van der Waals surface area contributed by atoms with Gasteiger partial charge >= 0.3 is 0 Å². The van der Waals surface area contributed by atoms with Crippen LogP contribution >= 0.6 is 46.4 Å². The molecule has 1 aromatic rings. The highest BCUT2D eigenvalue weighted by Gasteiger charge is 2.10. The third kappa shape index (κ3) is 3.92. The van der Waals surface area contributed by atoms with Crippen LogP contribution in [0.5, 0.6) is 0 Å². The number of nitrogens with one attached hydrogen (secondary N) is 1. The summed E-state index contributed by atoms with van der Waals surface area (Å²) in [6.45, 7) is 0. The summed E-state index contributed by atoms with van der Waals surface area (Å²) in [5.74, 6) is -0.570. The molecule has 0 spiro atoms. The Morgan fingerprint density at radius 2 is 1.60 bits per heavy atom. The fourth-order valence-electron chi connectivity index (χ4n) is 0.805. The number of hydrogen-bond donors (Lipinski definition) is 1. The van der Waals surface area contributed by atoms with Crippen molar-refractivity contribution in [3.05, 3.63) is 38.8 Å². The summed E-state index contributed by atoms with van der Waals surface area (Å²) >= 11 is 21.9. The van der Waals surface area contributed by atoms with E-state index in [1.54, 1.807) is 24.3 Å². The maximum absolute atomic E-state index is 11.3. The quantitative estimate of drug-likeness (QED) is 0.812. The molecular formula is C9H5Cl4NO. The molecule has 1 amide bonds. The molecule has 15 heavy (non-hydrogen) atoms. The minimum atomic E-state index is -0.570. The van der Waals surface area contributed by atoms with E-state index in [9.17, 15) is 4.79 Å². The predicted molar refractivity (Wildman–Crippen MR) is 64.7 cm³/mol. The smallest absolute Gasteiger partial charge is 0.269 e. The van der Waals surface area contributed by atoms with Gasteiger partial charge in [-0.2, -0.15) is 0 Å². The van der Waals surface area contributed by atoms with Crippen LogP contribution in [0.3, 0.4) is 0 Å². The number of benzene rings is 1. The first-order chi connectivity index (χ1) is 7.00. The molecule has 0 aromatic heterocycles. The van der Waals surface area contributed by atoms with Crippen LogP contribution in [-0.4, -0.2) is 5.91 Å². The van der Waals surface area contributed by atoms with Crippen LogP contribution in [0.15, 0.2) is 33.8 Å². The van der Waals surface area contributed by atoms with Gasteiger partial charge in [-0.25, -0.2) is 0 Å². The zero-order valence-corrected chi connectivity index (χ0v) is 10.3. The Bertz CT molecular complexity index is 395. The fourth-order valence-corrected chi connectivity index (χ4v) is 1.15. The first-order valence-corrected chi connectivity index (χ1v) is 5.29. The molecule has 0 saturated carbocycles. The lowest BCUT2D eigenvalue weighted by Gasteiger charge is -2.03. The van der Waals surface area contributed by atoms with Crippen LogP contribution < -0.4 is 5.32 Å². The van der Waals surface area contributed by atoms with Crippen LogP contribution in [-0.2, 0) is 4.79 Å². The Kier molecular flexibility index (Phi) is 4.74. The van der Waals surface area contributed by atoms with Crippen molar-refractivity contribution in [2.75, 3.05) is 5.32 Å². The Hall–Kier alpha value is -0.410. The van der Waals surface area contributed by atoms with E-state index in [0.717, 1.165) is 0 Å². The van der Waals surface area contributed by atoms with E-state index in [-0.39, 0.29) is 9.52 Å². The summed E-state index contributed by atoms with van der Waals surface area (Å²) in [7, 11) is 0. The number of rotatable bonds is 2. The van der Waals surface area contributed by atoms with Gasteiger partial charge in [0, 0.05) is 10.7 Å². The minimum Gasteiger partial charge on any atom is -0.321 e. The van der Waals surface area contributed by atoms with E-state index in [4.69, 9.17) is 46.4 Å². The summed E-state index contributed by atoms with van der Waals surface area (Å²) in [5.41, 5.74) is 0.553. The molecule has 0 fully saturated rings. The Morgan fingerprint density at radius 3 is 2.07 bits per heavy atom. The molecule has 0 aliphatic heterocycles. The Balaban J connectivity index is 2.75. The van der Waals surface area contributed by atoms with Gasteiger partial charge in [-0.1, -0.05) is 46.4 Å². The van der Waals surface area contributed by atoms with Gasteiger partial charge in [-0.15, -0.1) is 0 Å². The number of anilines is 1. The molecule has 80 valence electrons. The van der Waals surface area contributed by atoms with E-state index >= 15 is 0 Å². The highest BCUT2D eigenvalue weighted by Crippen LogP contribution is 2.20. The van der Waals surface area contributed by atoms with Crippen LogP contribution in [0.1, 0.15) is 0 Å². The average Bonchev–Trinajstić information content (AvgIpc) is 2.20. The van der Waals surface area contributed by atoms with Crippen molar-refractivity contribution in [2.45, 2.75) is 0 Å². The Labute approximate surface area is 107 Å². The maximum atomic E-state index is 11.3. The third-order valence-corrected chi connectivity index (χ3v) is 2.65. The molecular weight excluding hydrogens is 280 g/mol. The highest BCUT2D eigenvalue weighted by atomic mass is 35.5. The number of hydrogen-bond acceptors (Lipinski definition) is 1. The lowest BCUT2D eigenvalue weighted by molar-refractivity contribution is -0.112. The van der Waals surface area contributed by atoms with Crippen LogP contribution in [0, 0.1) is 0 Å². The van der Waals surface area contributed by atoms with Gasteiger partial charge in [0.05, 0.1) is 0 Å². The van der Waals surface area contributed by atoms with Crippen LogP contribution in [0.4, 0.5) is 5.69 Å². The molecule has 1 rings (SSSR count). The molecule has 2 nitrogen and oxygen atoms in total. The first-order valence-electron chi connectivity index (χ1n) is 3.78. The van der Waals surface area contributed by atoms with Crippen molar-refractivity contribution >= 4 is 58.0 Å². The molecule has 0 heterocycles. The summed E-state index contributed by atoms with van der Waals surface area (Å²) in [4.78, 5) is 11.3. The zero-order chi connectivity index (χ0) is 11.4. The molecule has 0 atom stereocenters. The summed E-state index contributed by atoms with van der Waals surface area (Å²) in [5, 5.41) is 2.81. The molecule has 0 aliphatic rings. The third-order valence-electron chi connectivity index (χ3n) is 1.47. The van der Waals surface area contributed by atoms with Crippen molar-refractivity contribution in [3.63, 3.8) is 0 Å². The normalized spacial score (nSPS) is 9.60. The fraction of sp³-hybridized carbons (Fsp3) is 0. The topological polar surface area (TPSA) is 29.1 Å². The Morgan fingerprint density at radius 1 is 1.07 bits per heavy atom. The van der Waals surface area contributed by atoms with Crippen molar-refractivity contribution in [1.29, 1.82) is 0 Å². The predicted octanol–water partition coefficient (Wildman–Crippen LogP) is 4.16. The molecule has 1 aromatic carbocycles. The second-order valence-corrected chi connectivity index (χ2v) is 4.30. The number of carbonyl (C=O) groups is 1. The zero-order valence-electron chi connectivity index (χ0n) is 7.23. The minimum absolute atomic E-state index is 0.256. The van der Waals surface area contributed by atoms with Gasteiger partial charge in [0.15, 0.2) is 0 Å². The SMILES string of the molecule is O=C(Nc1ccc(Cl)cc1)C(Cl)=C(Cl)Cl. The molecule has 0 unspecified atom stereocenters. The lowest BCUT2D eigenvalue weighted by Crippen LogP contribution is -2.11. The van der Waals surface area contributed by atoms with E-state index in [1.165, 1.54) is 0 Å². The molecule has 0 aliphatic carbocycles. The van der Waals surface area contributed by atoms with Crippen molar-refractivity contribution in [3.8, 4) is 0 Å². The van der Waals surface area contributed by atoms with Crippen molar-refractivity contribution in [2.24, 2.45) is 0 Å². The highest BCUT2D eigenvalue weighted by molar-refractivity contribution is 6.63. The van der Waals surface area contributed by atoms with E-state index in [0.29, 0.717) is 10.7 Å². The molecule has 6 heteroatoms. The van der Waals surface area contributed by atoms with Gasteiger partial charge < -0.3 is 5.32 Å². The summed E-state index contributed by atoms with van der Waals surface area (Å²) < 4.78 is -0.275. The van der Waals surface area contributed by atoms with E-state index in [1.807, 2.05) is 0 Å². The van der Waals surface area contributed by atoms with Gasteiger partial charge in [0.25, 0.3) is 5.91 Å². The molecule has 0 radical (unpaired) electrons. The summed E-state index contributed by atoms with van der Waals surface area (Å²) in [6, 6.07) is 6.53. The van der Waals surface area contributed by atoms with Gasteiger partial charge in [-0.05, 0) is 24.3 Å². The number of halogens is 4. The first kappa shape index (κ1) is 12.7. The standard InChI is InChI=1S/C9H5Cl4NO/c10-5-1-3-6(4-2-5)14-9(15)7(11)8(12)13/h1-4H,(H,14,15). The van der Waals surface area contributed by atoms with Crippen LogP contribution in [0.2, 0.25) is 5.02 Å². The van der Waals surface area contributed by atoms with E-state index in [2.05, 4.69) is 5.32 Å². The van der Waals surface area contributed by atoms with Gasteiger partial charge in [0.2, 0.25) is 0 Å². The average molecular weight is 285 g/mol. The molecule has 0 bridgehead atoms. The number of carbonyl (C=O) groups excluding carboxylic acids is 1. The van der Waals surface area contributed by atoms with Crippen LogP contribution in [0.25, 0.3) is 0 Å². The largest absolute Gasteiger partial charge is 0.321 e. The lowest BCUT2D eigenvalue weighted by atomic mass is 10.3. The van der Waals surface area contributed by atoms with Crippen molar-refractivity contribution in [1.82, 2.24) is 0 Å². The summed E-state index contributed by atoms with van der Waals surface area (Å²) in [6.07, 6.45) is 0. The number of amides is 1. The second kappa shape index (κ2) is 5.61. The second-order valence-electron chi connectivity index (χ2n) is 2.54.